The van der Waals surface area contributed by atoms with Crippen LogP contribution in [0, 0.1) is 22.9 Å². The monoisotopic (exact) mass is 208 g/mol. The van der Waals surface area contributed by atoms with Gasteiger partial charge >= 0.3 is 5.97 Å². The number of aromatic amines is 1. The van der Waals surface area contributed by atoms with E-state index in [1.165, 1.54) is 7.11 Å². The number of carbonyl (C=O) groups excluding carboxylic acids is 1. The molecule has 72 valence electrons. The maximum Gasteiger partial charge on any atom is 0.339 e. The molecule has 14 heavy (non-hydrogen) atoms. The predicted octanol–water partition coefficient (Wildman–Crippen LogP) is 1.71. The highest BCUT2D eigenvalue weighted by Crippen LogP contribution is 2.11. The zero-order valence-electron chi connectivity index (χ0n) is 7.75. The van der Waals surface area contributed by atoms with E-state index in [0.717, 1.165) is 5.69 Å². The second kappa shape index (κ2) is 4.03. The Labute approximate surface area is 86.1 Å². The minimum atomic E-state index is -0.551. The van der Waals surface area contributed by atoms with E-state index in [-0.39, 0.29) is 15.8 Å². The molecule has 0 spiro atoms. The Hall–Kier alpha value is -1.67. The van der Waals surface area contributed by atoms with Gasteiger partial charge in [0.25, 0.3) is 0 Å². The lowest BCUT2D eigenvalue weighted by Crippen LogP contribution is -2.06. The first-order valence-corrected chi connectivity index (χ1v) is 4.23. The van der Waals surface area contributed by atoms with Gasteiger partial charge in [0, 0.05) is 5.69 Å². The van der Waals surface area contributed by atoms with E-state index in [9.17, 15) is 4.79 Å². The Morgan fingerprint density at radius 1 is 1.71 bits per heavy atom. The van der Waals surface area contributed by atoms with Crippen LogP contribution in [0.5, 0.6) is 0 Å². The van der Waals surface area contributed by atoms with Crippen molar-refractivity contribution in [1.82, 2.24) is 4.98 Å². The lowest BCUT2D eigenvalue weighted by atomic mass is 10.1. The first-order valence-electron chi connectivity index (χ1n) is 3.82. The van der Waals surface area contributed by atoms with Crippen molar-refractivity contribution in [3.05, 3.63) is 27.5 Å². The lowest BCUT2D eigenvalue weighted by Gasteiger charge is -2.03. The Bertz CT molecular complexity index is 471. The highest BCUT2D eigenvalue weighted by molar-refractivity contribution is 7.71. The third kappa shape index (κ3) is 1.80. The molecule has 0 fully saturated rings. The van der Waals surface area contributed by atoms with E-state index in [1.54, 1.807) is 13.0 Å². The second-order valence-electron chi connectivity index (χ2n) is 2.67. The highest BCUT2D eigenvalue weighted by atomic mass is 32.1. The summed E-state index contributed by atoms with van der Waals surface area (Å²) in [4.78, 5) is 14.1. The number of H-pyrrole nitrogens is 1. The van der Waals surface area contributed by atoms with Crippen LogP contribution in [-0.2, 0) is 4.74 Å². The normalized spacial score (nSPS) is 9.21. The van der Waals surface area contributed by atoms with Gasteiger partial charge in [-0.2, -0.15) is 5.26 Å². The van der Waals surface area contributed by atoms with Gasteiger partial charge in [-0.1, -0.05) is 12.2 Å². The molecule has 1 N–H and O–H groups in total. The average Bonchev–Trinajstić information content (AvgIpc) is 2.15. The van der Waals surface area contributed by atoms with Gasteiger partial charge in [0.05, 0.1) is 12.7 Å². The van der Waals surface area contributed by atoms with Crippen LogP contribution in [-0.4, -0.2) is 18.1 Å². The van der Waals surface area contributed by atoms with Crippen molar-refractivity contribution in [2.75, 3.05) is 7.11 Å². The average molecular weight is 208 g/mol. The van der Waals surface area contributed by atoms with Crippen LogP contribution in [0.2, 0.25) is 0 Å². The fourth-order valence-corrected chi connectivity index (χ4v) is 1.39. The number of hydrogen-bond donors (Lipinski definition) is 1. The number of hydrogen-bond acceptors (Lipinski definition) is 4. The van der Waals surface area contributed by atoms with Crippen LogP contribution in [0.1, 0.15) is 21.6 Å². The van der Waals surface area contributed by atoms with E-state index in [4.69, 9.17) is 17.5 Å². The van der Waals surface area contributed by atoms with Crippen LogP contribution < -0.4 is 0 Å². The summed E-state index contributed by atoms with van der Waals surface area (Å²) in [5, 5.41) is 8.79. The number of pyridine rings is 1. The summed E-state index contributed by atoms with van der Waals surface area (Å²) in [6.07, 6.45) is 0. The second-order valence-corrected chi connectivity index (χ2v) is 3.08. The van der Waals surface area contributed by atoms with E-state index in [2.05, 4.69) is 9.72 Å². The molecule has 0 unspecified atom stereocenters. The summed E-state index contributed by atoms with van der Waals surface area (Å²) in [6, 6.07) is 3.41. The van der Waals surface area contributed by atoms with Crippen LogP contribution in [0.4, 0.5) is 0 Å². The van der Waals surface area contributed by atoms with Crippen molar-refractivity contribution in [3.8, 4) is 6.07 Å². The lowest BCUT2D eigenvalue weighted by molar-refractivity contribution is 0.0600. The number of aryl methyl sites for hydroxylation is 1. The van der Waals surface area contributed by atoms with Crippen molar-refractivity contribution < 1.29 is 9.53 Å². The molecule has 0 aliphatic heterocycles. The Morgan fingerprint density at radius 3 is 2.86 bits per heavy atom. The SMILES string of the molecule is COC(=O)c1cc(C)[nH]c(=S)c1C#N. The number of nitrogens with zero attached hydrogens (tertiary/aromatic N) is 1. The van der Waals surface area contributed by atoms with E-state index < -0.39 is 5.97 Å². The number of rotatable bonds is 1. The van der Waals surface area contributed by atoms with Crippen LogP contribution >= 0.6 is 12.2 Å². The van der Waals surface area contributed by atoms with Gasteiger partial charge in [-0.15, -0.1) is 0 Å². The molecular weight excluding hydrogens is 200 g/mol. The fraction of sp³-hybridized carbons (Fsp3) is 0.222. The van der Waals surface area contributed by atoms with Gasteiger partial charge in [-0.05, 0) is 13.0 Å². The third-order valence-electron chi connectivity index (χ3n) is 1.69. The third-order valence-corrected chi connectivity index (χ3v) is 1.99. The van der Waals surface area contributed by atoms with Crippen LogP contribution in [0.15, 0.2) is 6.07 Å². The van der Waals surface area contributed by atoms with Crippen molar-refractivity contribution in [3.63, 3.8) is 0 Å². The number of nitrogens with one attached hydrogen (secondary N) is 1. The first kappa shape index (κ1) is 10.4. The molecule has 0 radical (unpaired) electrons. The summed E-state index contributed by atoms with van der Waals surface area (Å²) >= 11 is 4.91. The first-order chi connectivity index (χ1) is 6.60. The van der Waals surface area contributed by atoms with Crippen LogP contribution in [0.3, 0.4) is 0 Å². The van der Waals surface area contributed by atoms with Gasteiger partial charge in [0.2, 0.25) is 0 Å². The molecule has 0 amide bonds. The molecular formula is C9H8N2O2S. The number of methoxy groups -OCH3 is 1. The van der Waals surface area contributed by atoms with Gasteiger partial charge in [-0.3, -0.25) is 0 Å². The molecule has 5 heteroatoms. The Kier molecular flexibility index (Phi) is 2.99. The number of nitriles is 1. The van der Waals surface area contributed by atoms with Gasteiger partial charge in [0.15, 0.2) is 0 Å². The van der Waals surface area contributed by atoms with E-state index in [0.29, 0.717) is 0 Å². The largest absolute Gasteiger partial charge is 0.465 e. The molecule has 0 saturated heterocycles. The quantitative estimate of drug-likeness (QED) is 0.563. The molecule has 0 bridgehead atoms. The topological polar surface area (TPSA) is 65.9 Å². The van der Waals surface area contributed by atoms with E-state index >= 15 is 0 Å². The van der Waals surface area contributed by atoms with Gasteiger partial charge in [0.1, 0.15) is 16.3 Å². The maximum atomic E-state index is 11.3. The number of esters is 1. The number of ether oxygens (including phenoxy) is 1. The van der Waals surface area contributed by atoms with Crippen molar-refractivity contribution in [2.45, 2.75) is 6.92 Å². The molecule has 1 heterocycles. The van der Waals surface area contributed by atoms with Crippen molar-refractivity contribution in [1.29, 1.82) is 5.26 Å². The molecule has 0 aliphatic carbocycles. The van der Waals surface area contributed by atoms with Crippen LogP contribution in [0.25, 0.3) is 0 Å². The summed E-state index contributed by atoms with van der Waals surface area (Å²) < 4.78 is 4.80. The fourth-order valence-electron chi connectivity index (χ4n) is 1.07. The molecule has 4 nitrogen and oxygen atoms in total. The molecule has 0 saturated carbocycles. The minimum absolute atomic E-state index is 0.150. The standard InChI is InChI=1S/C9H8N2O2S/c1-5-3-6(9(12)13-2)7(4-10)8(14)11-5/h3H,1-2H3,(H,11,14). The van der Waals surface area contributed by atoms with Crippen molar-refractivity contribution >= 4 is 18.2 Å². The molecule has 0 aromatic carbocycles. The summed E-state index contributed by atoms with van der Waals surface area (Å²) in [5.41, 5.74) is 1.07. The zero-order chi connectivity index (χ0) is 10.7. The van der Waals surface area contributed by atoms with Gasteiger partial charge < -0.3 is 9.72 Å². The molecule has 0 atom stereocenters. The highest BCUT2D eigenvalue weighted by Gasteiger charge is 2.13. The Balaban J connectivity index is 3.50. The number of carbonyl (C=O) groups is 1. The van der Waals surface area contributed by atoms with E-state index in [1.807, 2.05) is 6.07 Å². The summed E-state index contributed by atoms with van der Waals surface area (Å²) in [7, 11) is 1.26. The predicted molar refractivity (Wildman–Crippen MR) is 52.4 cm³/mol. The molecule has 1 aromatic heterocycles. The maximum absolute atomic E-state index is 11.3. The van der Waals surface area contributed by atoms with Crippen molar-refractivity contribution in [2.24, 2.45) is 0 Å². The zero-order valence-corrected chi connectivity index (χ0v) is 8.57. The summed E-state index contributed by atoms with van der Waals surface area (Å²) in [5.74, 6) is -0.551. The molecule has 1 aromatic rings. The molecule has 0 aliphatic rings. The minimum Gasteiger partial charge on any atom is -0.465 e. The summed E-state index contributed by atoms with van der Waals surface area (Å²) in [6.45, 7) is 1.75. The molecule has 1 rings (SSSR count). The smallest absolute Gasteiger partial charge is 0.339 e. The Morgan fingerprint density at radius 2 is 2.36 bits per heavy atom. The van der Waals surface area contributed by atoms with Gasteiger partial charge in [-0.25, -0.2) is 4.79 Å². The number of aromatic nitrogens is 1.